The van der Waals surface area contributed by atoms with E-state index in [4.69, 9.17) is 0 Å². The highest BCUT2D eigenvalue weighted by molar-refractivity contribution is 8.08. The van der Waals surface area contributed by atoms with Crippen molar-refractivity contribution in [1.82, 2.24) is 0 Å². The minimum Gasteiger partial charge on any atom is -0.293 e. The molecule has 0 fully saturated rings. The van der Waals surface area contributed by atoms with Crippen LogP contribution in [0.2, 0.25) is 0 Å². The zero-order valence-corrected chi connectivity index (χ0v) is 13.9. The van der Waals surface area contributed by atoms with E-state index >= 15 is 0 Å². The number of carbonyl (C=O) groups is 1. The minimum atomic E-state index is -0.0299. The van der Waals surface area contributed by atoms with Crippen molar-refractivity contribution in [1.29, 1.82) is 0 Å². The second-order valence-electron chi connectivity index (χ2n) is 4.95. The fourth-order valence-corrected chi connectivity index (χ4v) is 4.51. The van der Waals surface area contributed by atoms with E-state index in [2.05, 4.69) is 44.2 Å². The van der Waals surface area contributed by atoms with Crippen molar-refractivity contribution >= 4 is 45.0 Å². The molecule has 21 heavy (non-hydrogen) atoms. The molecule has 0 saturated carbocycles. The first-order valence-electron chi connectivity index (χ1n) is 7.28. The van der Waals surface area contributed by atoms with Crippen LogP contribution in [0.15, 0.2) is 42.5 Å². The molecule has 1 nitrogen and oxygen atoms in total. The number of ketones is 1. The molecule has 3 heteroatoms. The zero-order valence-electron chi connectivity index (χ0n) is 12.3. The molecule has 1 aliphatic carbocycles. The Kier molecular flexibility index (Phi) is 4.41. The largest absolute Gasteiger partial charge is 0.293 e. The third-order valence-electron chi connectivity index (χ3n) is 3.62. The quantitative estimate of drug-likeness (QED) is 0.767. The second-order valence-corrected chi connectivity index (χ2v) is 7.67. The van der Waals surface area contributed by atoms with Crippen molar-refractivity contribution < 1.29 is 4.79 Å². The van der Waals surface area contributed by atoms with E-state index in [1.807, 2.05) is 23.9 Å². The number of hydrogen-bond donors (Lipinski definition) is 0. The van der Waals surface area contributed by atoms with Gasteiger partial charge in [0.25, 0.3) is 0 Å². The van der Waals surface area contributed by atoms with Crippen molar-refractivity contribution in [3.63, 3.8) is 0 Å². The van der Waals surface area contributed by atoms with Crippen molar-refractivity contribution in [3.05, 3.63) is 53.6 Å². The van der Waals surface area contributed by atoms with Crippen molar-refractivity contribution in [2.75, 3.05) is 11.5 Å². The number of hydrogen-bond acceptors (Lipinski definition) is 3. The van der Waals surface area contributed by atoms with Crippen molar-refractivity contribution in [2.45, 2.75) is 19.1 Å². The van der Waals surface area contributed by atoms with Gasteiger partial charge in [0.1, 0.15) is 0 Å². The molecule has 2 aromatic rings. The van der Waals surface area contributed by atoms with E-state index in [0.29, 0.717) is 0 Å². The van der Waals surface area contributed by atoms with Crippen LogP contribution in [0.4, 0.5) is 0 Å². The summed E-state index contributed by atoms with van der Waals surface area (Å²) in [7, 11) is 0. The number of Topliss-reactive ketones (excluding diaryl/α,β-unsaturated/α-hetero) is 1. The summed E-state index contributed by atoms with van der Waals surface area (Å²) < 4.78 is 0. The SMILES string of the molecule is CCSC1=CC(SCC)C(=O)c2cc3ccccc3cc21. The lowest BCUT2D eigenvalue weighted by molar-refractivity contribution is 0.1000. The van der Waals surface area contributed by atoms with Crippen LogP contribution in [0.25, 0.3) is 15.7 Å². The molecular weight excluding hydrogens is 296 g/mol. The lowest BCUT2D eigenvalue weighted by Crippen LogP contribution is -2.21. The smallest absolute Gasteiger partial charge is 0.180 e. The van der Waals surface area contributed by atoms with Crippen LogP contribution >= 0.6 is 23.5 Å². The van der Waals surface area contributed by atoms with E-state index < -0.39 is 0 Å². The molecule has 0 bridgehead atoms. The summed E-state index contributed by atoms with van der Waals surface area (Å²) in [5.41, 5.74) is 2.00. The predicted octanol–water partition coefficient (Wildman–Crippen LogP) is 5.25. The van der Waals surface area contributed by atoms with Gasteiger partial charge in [0.15, 0.2) is 5.78 Å². The molecular formula is C18H18OS2. The van der Waals surface area contributed by atoms with E-state index in [-0.39, 0.29) is 11.0 Å². The van der Waals surface area contributed by atoms with Crippen LogP contribution in [0.3, 0.4) is 0 Å². The third-order valence-corrected chi connectivity index (χ3v) is 5.62. The Bertz CT molecular complexity index is 718. The Hall–Kier alpha value is -1.19. The molecule has 0 saturated heterocycles. The predicted molar refractivity (Wildman–Crippen MR) is 96.3 cm³/mol. The average Bonchev–Trinajstić information content (AvgIpc) is 2.51. The molecule has 0 aliphatic heterocycles. The number of rotatable bonds is 4. The van der Waals surface area contributed by atoms with Gasteiger partial charge in [-0.2, -0.15) is 0 Å². The molecule has 3 rings (SSSR count). The number of benzene rings is 2. The van der Waals surface area contributed by atoms with E-state index in [1.165, 1.54) is 10.3 Å². The molecule has 2 aromatic carbocycles. The van der Waals surface area contributed by atoms with Gasteiger partial charge in [-0.15, -0.1) is 23.5 Å². The maximum Gasteiger partial charge on any atom is 0.180 e. The molecule has 0 N–H and O–H groups in total. The Morgan fingerprint density at radius 3 is 2.29 bits per heavy atom. The summed E-state index contributed by atoms with van der Waals surface area (Å²) in [5, 5.41) is 2.32. The van der Waals surface area contributed by atoms with E-state index in [1.54, 1.807) is 11.8 Å². The molecule has 1 atom stereocenters. The Balaban J connectivity index is 2.18. The standard InChI is InChI=1S/C18H18OS2/c1-3-20-16-11-17(21-4-2)18(19)15-10-13-8-6-5-7-12(13)9-14(15)16/h5-11,17H,3-4H2,1-2H3. The highest BCUT2D eigenvalue weighted by Gasteiger charge is 2.28. The Morgan fingerprint density at radius 2 is 1.67 bits per heavy atom. The van der Waals surface area contributed by atoms with Gasteiger partial charge in [-0.1, -0.05) is 38.1 Å². The van der Waals surface area contributed by atoms with Crippen molar-refractivity contribution in [2.24, 2.45) is 0 Å². The van der Waals surface area contributed by atoms with Gasteiger partial charge in [-0.3, -0.25) is 4.79 Å². The van der Waals surface area contributed by atoms with E-state index in [9.17, 15) is 4.79 Å². The topological polar surface area (TPSA) is 17.1 Å². The number of carbonyl (C=O) groups excluding carboxylic acids is 1. The van der Waals surface area contributed by atoms with E-state index in [0.717, 1.165) is 28.0 Å². The first-order chi connectivity index (χ1) is 10.2. The molecule has 1 unspecified atom stereocenters. The van der Waals surface area contributed by atoms with Crippen LogP contribution < -0.4 is 0 Å². The summed E-state index contributed by atoms with van der Waals surface area (Å²) in [5.74, 6) is 2.23. The van der Waals surface area contributed by atoms with Crippen LogP contribution in [0.5, 0.6) is 0 Å². The van der Waals surface area contributed by atoms with Crippen LogP contribution in [-0.4, -0.2) is 22.5 Å². The van der Waals surface area contributed by atoms with Gasteiger partial charge in [0.05, 0.1) is 5.25 Å². The summed E-state index contributed by atoms with van der Waals surface area (Å²) in [6.45, 7) is 4.26. The van der Waals surface area contributed by atoms with Crippen LogP contribution in [0.1, 0.15) is 29.8 Å². The molecule has 108 valence electrons. The molecule has 0 radical (unpaired) electrons. The molecule has 0 heterocycles. The maximum atomic E-state index is 12.7. The van der Waals surface area contributed by atoms with Gasteiger partial charge in [-0.25, -0.2) is 0 Å². The summed E-state index contributed by atoms with van der Waals surface area (Å²) in [6.07, 6.45) is 2.15. The molecule has 1 aliphatic rings. The highest BCUT2D eigenvalue weighted by atomic mass is 32.2. The first kappa shape index (κ1) is 14.7. The fourth-order valence-electron chi connectivity index (χ4n) is 2.69. The van der Waals surface area contributed by atoms with Gasteiger partial charge in [-0.05, 0) is 46.1 Å². The monoisotopic (exact) mass is 314 g/mol. The lowest BCUT2D eigenvalue weighted by Gasteiger charge is -2.23. The lowest BCUT2D eigenvalue weighted by atomic mass is 9.92. The van der Waals surface area contributed by atoms with Crippen molar-refractivity contribution in [3.8, 4) is 0 Å². The Labute approximate surface area is 134 Å². The molecule has 0 spiro atoms. The normalized spacial score (nSPS) is 17.7. The maximum absolute atomic E-state index is 12.7. The molecule has 0 amide bonds. The van der Waals surface area contributed by atoms with Gasteiger partial charge in [0, 0.05) is 10.5 Å². The van der Waals surface area contributed by atoms with Crippen LogP contribution in [0, 0.1) is 0 Å². The minimum absolute atomic E-state index is 0.0299. The number of thioether (sulfide) groups is 2. The number of fused-ring (bicyclic) bond motifs is 2. The average molecular weight is 314 g/mol. The highest BCUT2D eigenvalue weighted by Crippen LogP contribution is 2.39. The fraction of sp³-hybridized carbons (Fsp3) is 0.278. The summed E-state index contributed by atoms with van der Waals surface area (Å²) in [4.78, 5) is 14.0. The third kappa shape index (κ3) is 2.77. The summed E-state index contributed by atoms with van der Waals surface area (Å²) >= 11 is 3.55. The van der Waals surface area contributed by atoms with Gasteiger partial charge in [0.2, 0.25) is 0 Å². The summed E-state index contributed by atoms with van der Waals surface area (Å²) in [6, 6.07) is 12.5. The zero-order chi connectivity index (χ0) is 14.8. The van der Waals surface area contributed by atoms with Gasteiger partial charge < -0.3 is 0 Å². The Morgan fingerprint density at radius 1 is 1.00 bits per heavy atom. The van der Waals surface area contributed by atoms with Gasteiger partial charge >= 0.3 is 0 Å². The molecule has 0 aromatic heterocycles. The first-order valence-corrected chi connectivity index (χ1v) is 9.31. The van der Waals surface area contributed by atoms with Crippen LogP contribution in [-0.2, 0) is 0 Å². The second kappa shape index (κ2) is 6.29.